The van der Waals surface area contributed by atoms with Gasteiger partial charge in [-0.25, -0.2) is 4.79 Å². The highest BCUT2D eigenvalue weighted by atomic mass is 32.1. The van der Waals surface area contributed by atoms with Crippen LogP contribution < -0.4 is 0 Å². The zero-order chi connectivity index (χ0) is 16.3. The van der Waals surface area contributed by atoms with E-state index in [2.05, 4.69) is 46.5 Å². The van der Waals surface area contributed by atoms with Crippen molar-refractivity contribution >= 4 is 32.2 Å². The standard InChI is InChI=1S/C14H27NO4SSi/c1-14(2,3)21(4,5)19-10-11-9-18-13(17)15(11)8-6-7-12(16)20/h11H,6-10H2,1-5H3,(H,16,20). The predicted molar refractivity (Wildman–Crippen MR) is 88.2 cm³/mol. The van der Waals surface area contributed by atoms with E-state index in [0.717, 1.165) is 0 Å². The number of carbonyl (C=O) groups is 2. The minimum absolute atomic E-state index is 0.0540. The van der Waals surface area contributed by atoms with Gasteiger partial charge in [0.15, 0.2) is 13.4 Å². The summed E-state index contributed by atoms with van der Waals surface area (Å²) in [5.74, 6) is 0. The van der Waals surface area contributed by atoms with Crippen molar-refractivity contribution in [2.75, 3.05) is 19.8 Å². The molecule has 21 heavy (non-hydrogen) atoms. The minimum Gasteiger partial charge on any atom is -0.447 e. The second-order valence-electron chi connectivity index (χ2n) is 6.99. The molecule has 0 radical (unpaired) electrons. The van der Waals surface area contributed by atoms with Gasteiger partial charge >= 0.3 is 6.09 Å². The maximum absolute atomic E-state index is 11.7. The molecule has 0 aromatic heterocycles. The van der Waals surface area contributed by atoms with E-state index in [-0.39, 0.29) is 22.3 Å². The second-order valence-corrected chi connectivity index (χ2v) is 12.3. The Morgan fingerprint density at radius 3 is 2.62 bits per heavy atom. The quantitative estimate of drug-likeness (QED) is 0.575. The van der Waals surface area contributed by atoms with Crippen LogP contribution in [0.25, 0.3) is 0 Å². The second kappa shape index (κ2) is 7.15. The number of hydrogen-bond acceptors (Lipinski definition) is 4. The smallest absolute Gasteiger partial charge is 0.410 e. The minimum atomic E-state index is -1.83. The number of ether oxygens (including phenoxy) is 1. The van der Waals surface area contributed by atoms with E-state index in [9.17, 15) is 9.59 Å². The van der Waals surface area contributed by atoms with Crippen LogP contribution in [0.15, 0.2) is 0 Å². The Morgan fingerprint density at radius 2 is 2.10 bits per heavy atom. The Bertz CT molecular complexity index is 395. The number of cyclic esters (lactones) is 1. The third-order valence-electron chi connectivity index (χ3n) is 4.31. The lowest BCUT2D eigenvalue weighted by atomic mass is 10.2. The summed E-state index contributed by atoms with van der Waals surface area (Å²) in [6, 6.07) is -0.0540. The van der Waals surface area contributed by atoms with Crippen LogP contribution in [0.5, 0.6) is 0 Å². The number of carbonyl (C=O) groups excluding carboxylic acids is 2. The van der Waals surface area contributed by atoms with E-state index >= 15 is 0 Å². The van der Waals surface area contributed by atoms with Gasteiger partial charge in [-0.3, -0.25) is 9.69 Å². The molecule has 0 saturated carbocycles. The fraction of sp³-hybridized carbons (Fsp3) is 0.857. The van der Waals surface area contributed by atoms with Gasteiger partial charge in [-0.1, -0.05) is 20.8 Å². The lowest BCUT2D eigenvalue weighted by molar-refractivity contribution is -0.110. The van der Waals surface area contributed by atoms with Crippen molar-refractivity contribution in [1.82, 2.24) is 4.90 Å². The van der Waals surface area contributed by atoms with Gasteiger partial charge in [0.25, 0.3) is 0 Å². The van der Waals surface area contributed by atoms with Crippen molar-refractivity contribution in [3.8, 4) is 0 Å². The van der Waals surface area contributed by atoms with Gasteiger partial charge in [-0.2, -0.15) is 0 Å². The number of hydrogen-bond donors (Lipinski definition) is 1. The topological polar surface area (TPSA) is 55.8 Å². The Labute approximate surface area is 133 Å². The molecular weight excluding hydrogens is 306 g/mol. The first-order valence-electron chi connectivity index (χ1n) is 7.34. The SMILES string of the molecule is CC(C)(C)[Si](C)(C)OCC1COC(=O)N1CCCC(=O)S. The van der Waals surface area contributed by atoms with Gasteiger partial charge in [-0.15, -0.1) is 12.6 Å². The highest BCUT2D eigenvalue weighted by Crippen LogP contribution is 2.36. The molecule has 1 aliphatic heterocycles. The van der Waals surface area contributed by atoms with Gasteiger partial charge < -0.3 is 9.16 Å². The van der Waals surface area contributed by atoms with Crippen molar-refractivity contribution in [2.24, 2.45) is 0 Å². The lowest BCUT2D eigenvalue weighted by Gasteiger charge is -2.37. The molecule has 5 nitrogen and oxygen atoms in total. The normalized spacial score (nSPS) is 19.8. The third kappa shape index (κ3) is 5.30. The van der Waals surface area contributed by atoms with Crippen LogP contribution >= 0.6 is 12.6 Å². The van der Waals surface area contributed by atoms with Crippen LogP contribution in [0.2, 0.25) is 18.1 Å². The van der Waals surface area contributed by atoms with Gasteiger partial charge in [0, 0.05) is 13.0 Å². The van der Waals surface area contributed by atoms with Gasteiger partial charge in [-0.05, 0) is 24.6 Å². The highest BCUT2D eigenvalue weighted by molar-refractivity contribution is 7.96. The first-order valence-corrected chi connectivity index (χ1v) is 10.7. The Morgan fingerprint density at radius 1 is 1.48 bits per heavy atom. The van der Waals surface area contributed by atoms with Crippen LogP contribution in [0.3, 0.4) is 0 Å². The lowest BCUT2D eigenvalue weighted by Crippen LogP contribution is -2.46. The Kier molecular flexibility index (Phi) is 6.31. The van der Waals surface area contributed by atoms with E-state index in [4.69, 9.17) is 9.16 Å². The van der Waals surface area contributed by atoms with Crippen LogP contribution in [0.4, 0.5) is 4.79 Å². The molecule has 1 amide bonds. The van der Waals surface area contributed by atoms with E-state index in [1.807, 2.05) is 0 Å². The first-order chi connectivity index (χ1) is 9.54. The molecule has 0 bridgehead atoms. The molecule has 1 unspecified atom stereocenters. The summed E-state index contributed by atoms with van der Waals surface area (Å²) in [4.78, 5) is 24.3. The maximum atomic E-state index is 11.7. The molecule has 7 heteroatoms. The summed E-state index contributed by atoms with van der Waals surface area (Å²) in [5, 5.41) is -0.0173. The molecule has 1 fully saturated rings. The van der Waals surface area contributed by atoms with Crippen LogP contribution in [-0.2, 0) is 14.0 Å². The first kappa shape index (κ1) is 18.5. The van der Waals surface area contributed by atoms with E-state index in [1.54, 1.807) is 4.90 Å². The van der Waals surface area contributed by atoms with Crippen LogP contribution in [0, 0.1) is 0 Å². The summed E-state index contributed by atoms with van der Waals surface area (Å²) in [7, 11) is -1.83. The van der Waals surface area contributed by atoms with Gasteiger partial charge in [0.05, 0.1) is 12.6 Å². The van der Waals surface area contributed by atoms with E-state index in [1.165, 1.54) is 0 Å². The molecule has 0 aliphatic carbocycles. The molecule has 0 spiro atoms. The Balaban J connectivity index is 2.53. The molecule has 1 heterocycles. The summed E-state index contributed by atoms with van der Waals surface area (Å²) in [5.41, 5.74) is 0. The monoisotopic (exact) mass is 333 g/mol. The number of thiol groups is 1. The summed E-state index contributed by atoms with van der Waals surface area (Å²) < 4.78 is 11.3. The van der Waals surface area contributed by atoms with Crippen molar-refractivity contribution < 1.29 is 18.8 Å². The highest BCUT2D eigenvalue weighted by Gasteiger charge is 2.40. The third-order valence-corrected chi connectivity index (χ3v) is 9.03. The molecule has 1 aliphatic rings. The molecule has 1 saturated heterocycles. The molecule has 1 rings (SSSR count). The van der Waals surface area contributed by atoms with Crippen molar-refractivity contribution in [3.63, 3.8) is 0 Å². The number of rotatable bonds is 7. The molecule has 0 aromatic carbocycles. The predicted octanol–water partition coefficient (Wildman–Crippen LogP) is 3.07. The fourth-order valence-electron chi connectivity index (χ4n) is 1.82. The molecule has 0 N–H and O–H groups in total. The van der Waals surface area contributed by atoms with Crippen molar-refractivity contribution in [3.05, 3.63) is 0 Å². The summed E-state index contributed by atoms with van der Waals surface area (Å²) in [6.07, 6.45) is 0.655. The number of amides is 1. The molecule has 1 atom stereocenters. The summed E-state index contributed by atoms with van der Waals surface area (Å²) in [6.45, 7) is 12.3. The average molecular weight is 334 g/mol. The maximum Gasteiger partial charge on any atom is 0.410 e. The molecular formula is C14H27NO4SSi. The van der Waals surface area contributed by atoms with Crippen LogP contribution in [0.1, 0.15) is 33.6 Å². The molecule has 0 aromatic rings. The van der Waals surface area contributed by atoms with Crippen LogP contribution in [-0.4, -0.2) is 50.2 Å². The van der Waals surface area contributed by atoms with Crippen molar-refractivity contribution in [2.45, 2.75) is 57.8 Å². The van der Waals surface area contributed by atoms with Gasteiger partial charge in [0.1, 0.15) is 6.61 Å². The average Bonchev–Trinajstić information content (AvgIpc) is 2.67. The molecule has 122 valence electrons. The van der Waals surface area contributed by atoms with E-state index < -0.39 is 8.32 Å². The number of nitrogens with zero attached hydrogens (tertiary/aromatic N) is 1. The van der Waals surface area contributed by atoms with Crippen molar-refractivity contribution in [1.29, 1.82) is 0 Å². The summed E-state index contributed by atoms with van der Waals surface area (Å²) >= 11 is 3.74. The fourth-order valence-corrected chi connectivity index (χ4v) is 3.02. The zero-order valence-electron chi connectivity index (χ0n) is 13.6. The van der Waals surface area contributed by atoms with Gasteiger partial charge in [0.2, 0.25) is 0 Å². The van der Waals surface area contributed by atoms with E-state index in [0.29, 0.717) is 32.6 Å². The Hall–Kier alpha value is -0.533. The zero-order valence-corrected chi connectivity index (χ0v) is 15.5. The largest absolute Gasteiger partial charge is 0.447 e.